The summed E-state index contributed by atoms with van der Waals surface area (Å²) in [4.78, 5) is 10.8. The lowest BCUT2D eigenvalue weighted by molar-refractivity contribution is 0.0697. The van der Waals surface area contributed by atoms with E-state index in [-0.39, 0.29) is 0 Å². The Morgan fingerprint density at radius 2 is 1.60 bits per heavy atom. The number of aromatic carboxylic acids is 1. The van der Waals surface area contributed by atoms with Gasteiger partial charge in [0.1, 0.15) is 0 Å². The predicted octanol–water partition coefficient (Wildman–Crippen LogP) is 2.98. The molecule has 0 heterocycles. The monoisotopic (exact) mass is 198 g/mol. The zero-order valence-electron chi connectivity index (χ0n) is 8.05. The molecule has 1 aliphatic carbocycles. The lowest BCUT2D eigenvalue weighted by Crippen LogP contribution is -1.97. The Labute approximate surface area is 87.9 Å². The quantitative estimate of drug-likeness (QED) is 0.753. The molecule has 1 N–H and O–H groups in total. The second kappa shape index (κ2) is 3.96. The van der Waals surface area contributed by atoms with E-state index in [2.05, 4.69) is 0 Å². The molecule has 2 nitrogen and oxygen atoms in total. The molecule has 0 spiro atoms. The van der Waals surface area contributed by atoms with Gasteiger partial charge in [-0.1, -0.05) is 42.5 Å². The van der Waals surface area contributed by atoms with Crippen molar-refractivity contribution in [2.75, 3.05) is 0 Å². The van der Waals surface area contributed by atoms with E-state index in [0.717, 1.165) is 11.1 Å². The third-order valence-electron chi connectivity index (χ3n) is 2.22. The van der Waals surface area contributed by atoms with Gasteiger partial charge in [0, 0.05) is 0 Å². The van der Waals surface area contributed by atoms with Gasteiger partial charge in [0.25, 0.3) is 0 Å². The van der Waals surface area contributed by atoms with Crippen molar-refractivity contribution in [3.05, 3.63) is 59.2 Å². The van der Waals surface area contributed by atoms with Crippen molar-refractivity contribution < 1.29 is 9.90 Å². The molecule has 0 fully saturated rings. The first-order valence-electron chi connectivity index (χ1n) is 4.66. The Morgan fingerprint density at radius 1 is 0.933 bits per heavy atom. The molecule has 0 atom stereocenters. The summed E-state index contributed by atoms with van der Waals surface area (Å²) in [5.74, 6) is -0.896. The summed E-state index contributed by atoms with van der Waals surface area (Å²) in [5, 5.41) is 8.86. The first kappa shape index (κ1) is 9.46. The fourth-order valence-corrected chi connectivity index (χ4v) is 1.45. The Kier molecular flexibility index (Phi) is 2.50. The number of benzene rings is 1. The molecule has 0 aliphatic heterocycles. The highest BCUT2D eigenvalue weighted by Crippen LogP contribution is 2.17. The van der Waals surface area contributed by atoms with Gasteiger partial charge in [0.15, 0.2) is 0 Å². The summed E-state index contributed by atoms with van der Waals surface area (Å²) in [6, 6.07) is 5.11. The van der Waals surface area contributed by atoms with E-state index in [1.54, 1.807) is 12.1 Å². The van der Waals surface area contributed by atoms with E-state index in [1.165, 1.54) is 0 Å². The van der Waals surface area contributed by atoms with Crippen molar-refractivity contribution in [1.29, 1.82) is 0 Å². The Morgan fingerprint density at radius 3 is 2.27 bits per heavy atom. The highest BCUT2D eigenvalue weighted by atomic mass is 16.4. The molecular formula is C13H10O2. The predicted molar refractivity (Wildman–Crippen MR) is 60.6 cm³/mol. The molecule has 0 unspecified atom stereocenters. The fourth-order valence-electron chi connectivity index (χ4n) is 1.45. The minimum absolute atomic E-state index is 0.316. The summed E-state index contributed by atoms with van der Waals surface area (Å²) in [6.45, 7) is 0. The SMILES string of the molecule is O=C(O)c1ccc2c(c1)C=CC=CC=C2. The number of fused-ring (bicyclic) bond motifs is 1. The molecule has 1 aliphatic rings. The number of carboxylic acid groups (broad SMARTS) is 1. The average molecular weight is 198 g/mol. The molecule has 0 radical (unpaired) electrons. The van der Waals surface area contributed by atoms with Gasteiger partial charge in [-0.05, 0) is 23.3 Å². The topological polar surface area (TPSA) is 37.3 Å². The van der Waals surface area contributed by atoms with Gasteiger partial charge in [0.2, 0.25) is 0 Å². The number of rotatable bonds is 1. The van der Waals surface area contributed by atoms with Crippen molar-refractivity contribution in [1.82, 2.24) is 0 Å². The first-order chi connectivity index (χ1) is 7.27. The van der Waals surface area contributed by atoms with Crippen LogP contribution in [0.3, 0.4) is 0 Å². The van der Waals surface area contributed by atoms with Crippen LogP contribution in [0, 0.1) is 0 Å². The molecule has 0 amide bonds. The molecule has 1 aromatic rings. The van der Waals surface area contributed by atoms with Crippen LogP contribution in [0.25, 0.3) is 12.2 Å². The second-order valence-electron chi connectivity index (χ2n) is 3.25. The lowest BCUT2D eigenvalue weighted by Gasteiger charge is -2.03. The number of allylic oxidation sites excluding steroid dienone is 4. The van der Waals surface area contributed by atoms with Crippen molar-refractivity contribution in [3.63, 3.8) is 0 Å². The van der Waals surface area contributed by atoms with Crippen LogP contribution in [0.5, 0.6) is 0 Å². The molecule has 2 rings (SSSR count). The van der Waals surface area contributed by atoms with Crippen LogP contribution >= 0.6 is 0 Å². The zero-order chi connectivity index (χ0) is 10.7. The zero-order valence-corrected chi connectivity index (χ0v) is 8.05. The lowest BCUT2D eigenvalue weighted by atomic mass is 10.0. The van der Waals surface area contributed by atoms with Crippen LogP contribution in [0.1, 0.15) is 21.5 Å². The van der Waals surface area contributed by atoms with Gasteiger partial charge in [-0.2, -0.15) is 0 Å². The minimum Gasteiger partial charge on any atom is -0.478 e. The van der Waals surface area contributed by atoms with Crippen LogP contribution in [-0.2, 0) is 0 Å². The normalized spacial score (nSPS) is 13.1. The molecule has 0 bridgehead atoms. The van der Waals surface area contributed by atoms with Crippen molar-refractivity contribution in [2.24, 2.45) is 0 Å². The van der Waals surface area contributed by atoms with Gasteiger partial charge in [0.05, 0.1) is 5.56 Å². The minimum atomic E-state index is -0.896. The van der Waals surface area contributed by atoms with E-state index in [4.69, 9.17) is 5.11 Å². The van der Waals surface area contributed by atoms with E-state index < -0.39 is 5.97 Å². The molecule has 1 aromatic carbocycles. The highest BCUT2D eigenvalue weighted by molar-refractivity contribution is 5.89. The second-order valence-corrected chi connectivity index (χ2v) is 3.25. The van der Waals surface area contributed by atoms with Crippen LogP contribution in [0.4, 0.5) is 0 Å². The maximum absolute atomic E-state index is 10.8. The first-order valence-corrected chi connectivity index (χ1v) is 4.66. The molecule has 74 valence electrons. The molecule has 0 saturated carbocycles. The summed E-state index contributed by atoms with van der Waals surface area (Å²) in [6.07, 6.45) is 11.5. The molecule has 2 heteroatoms. The van der Waals surface area contributed by atoms with Gasteiger partial charge < -0.3 is 5.11 Å². The number of carbonyl (C=O) groups is 1. The van der Waals surface area contributed by atoms with Gasteiger partial charge in [-0.3, -0.25) is 0 Å². The van der Waals surface area contributed by atoms with Gasteiger partial charge >= 0.3 is 5.97 Å². The van der Waals surface area contributed by atoms with Crippen molar-refractivity contribution in [3.8, 4) is 0 Å². The van der Waals surface area contributed by atoms with Gasteiger partial charge in [-0.25, -0.2) is 4.79 Å². The van der Waals surface area contributed by atoms with E-state index in [1.807, 2.05) is 42.5 Å². The Balaban J connectivity index is 2.53. The van der Waals surface area contributed by atoms with Crippen molar-refractivity contribution >= 4 is 18.1 Å². The third kappa shape index (κ3) is 2.05. The van der Waals surface area contributed by atoms with E-state index >= 15 is 0 Å². The Hall–Kier alpha value is -2.09. The smallest absolute Gasteiger partial charge is 0.335 e. The molecule has 15 heavy (non-hydrogen) atoms. The van der Waals surface area contributed by atoms with E-state index in [0.29, 0.717) is 5.56 Å². The molecular weight excluding hydrogens is 188 g/mol. The van der Waals surface area contributed by atoms with Crippen LogP contribution in [0.15, 0.2) is 42.5 Å². The summed E-state index contributed by atoms with van der Waals surface area (Å²) < 4.78 is 0. The fraction of sp³-hybridized carbons (Fsp3) is 0. The molecule has 0 aromatic heterocycles. The summed E-state index contributed by atoms with van der Waals surface area (Å²) in [5.41, 5.74) is 2.27. The summed E-state index contributed by atoms with van der Waals surface area (Å²) >= 11 is 0. The highest BCUT2D eigenvalue weighted by Gasteiger charge is 2.05. The average Bonchev–Trinajstić information content (AvgIpc) is 2.18. The van der Waals surface area contributed by atoms with Crippen molar-refractivity contribution in [2.45, 2.75) is 0 Å². The Bertz CT molecular complexity index is 479. The molecule has 0 saturated heterocycles. The number of hydrogen-bond donors (Lipinski definition) is 1. The maximum Gasteiger partial charge on any atom is 0.335 e. The number of carboxylic acids is 1. The van der Waals surface area contributed by atoms with Crippen LogP contribution in [0.2, 0.25) is 0 Å². The largest absolute Gasteiger partial charge is 0.478 e. The third-order valence-corrected chi connectivity index (χ3v) is 2.22. The number of hydrogen-bond acceptors (Lipinski definition) is 1. The summed E-state index contributed by atoms with van der Waals surface area (Å²) in [7, 11) is 0. The van der Waals surface area contributed by atoms with Crippen LogP contribution in [-0.4, -0.2) is 11.1 Å². The standard InChI is InChI=1S/C13H10O2/c14-13(15)12-8-7-10-5-3-1-2-4-6-11(10)9-12/h1-9H,(H,14,15). The van der Waals surface area contributed by atoms with Crippen LogP contribution < -0.4 is 0 Å². The van der Waals surface area contributed by atoms with Gasteiger partial charge in [-0.15, -0.1) is 0 Å². The van der Waals surface area contributed by atoms with E-state index in [9.17, 15) is 4.79 Å². The maximum atomic E-state index is 10.8.